The summed E-state index contributed by atoms with van der Waals surface area (Å²) in [6.45, 7) is 6.05. The molecular weight excluding hydrogens is 300 g/mol. The highest BCUT2D eigenvalue weighted by Crippen LogP contribution is 2.22. The number of anilines is 1. The summed E-state index contributed by atoms with van der Waals surface area (Å²) in [4.78, 5) is 23.6. The molecule has 0 spiro atoms. The Labute approximate surface area is 133 Å². The lowest BCUT2D eigenvalue weighted by molar-refractivity contribution is -0.115. The number of hydrogen-bond donors (Lipinski definition) is 1. The van der Waals surface area contributed by atoms with Crippen molar-refractivity contribution in [2.24, 2.45) is 0 Å². The average molecular weight is 318 g/mol. The molecule has 7 heteroatoms. The van der Waals surface area contributed by atoms with Gasteiger partial charge < -0.3 is 9.88 Å². The number of rotatable bonds is 6. The molecule has 6 nitrogen and oxygen atoms in total. The normalized spacial score (nSPS) is 12.0. The zero-order valence-corrected chi connectivity index (χ0v) is 13.6. The van der Waals surface area contributed by atoms with Crippen LogP contribution in [0.1, 0.15) is 31.1 Å². The van der Waals surface area contributed by atoms with Gasteiger partial charge in [-0.15, -0.1) is 10.2 Å². The first kappa shape index (κ1) is 16.2. The van der Waals surface area contributed by atoms with Crippen molar-refractivity contribution in [2.45, 2.75) is 37.7 Å². The number of hydrogen-bond acceptors (Lipinski definition) is 5. The molecule has 0 fully saturated rings. The van der Waals surface area contributed by atoms with Gasteiger partial charge >= 0.3 is 0 Å². The summed E-state index contributed by atoms with van der Waals surface area (Å²) in [5.74, 6) is -0.175. The van der Waals surface area contributed by atoms with Gasteiger partial charge in [-0.3, -0.25) is 9.59 Å². The highest BCUT2D eigenvalue weighted by molar-refractivity contribution is 8.00. The first-order valence-corrected chi connectivity index (χ1v) is 7.85. The fraction of sp³-hybridized carbons (Fsp3) is 0.333. The molecular formula is C15H18N4O2S. The third kappa shape index (κ3) is 3.94. The quantitative estimate of drug-likeness (QED) is 0.654. The van der Waals surface area contributed by atoms with E-state index in [9.17, 15) is 9.59 Å². The van der Waals surface area contributed by atoms with Crippen molar-refractivity contribution < 1.29 is 9.59 Å². The maximum atomic E-state index is 12.2. The Hall–Kier alpha value is -2.15. The van der Waals surface area contributed by atoms with E-state index in [0.717, 1.165) is 6.54 Å². The van der Waals surface area contributed by atoms with E-state index >= 15 is 0 Å². The zero-order chi connectivity index (χ0) is 16.1. The van der Waals surface area contributed by atoms with Crippen molar-refractivity contribution >= 4 is 29.1 Å². The van der Waals surface area contributed by atoms with Crippen molar-refractivity contribution in [3.63, 3.8) is 0 Å². The van der Waals surface area contributed by atoms with Crippen molar-refractivity contribution in [1.82, 2.24) is 14.8 Å². The summed E-state index contributed by atoms with van der Waals surface area (Å²) in [6.07, 6.45) is 1.64. The molecule has 116 valence electrons. The molecule has 0 bridgehead atoms. The zero-order valence-electron chi connectivity index (χ0n) is 12.7. The fourth-order valence-corrected chi connectivity index (χ4v) is 2.71. The Bertz CT molecular complexity index is 684. The van der Waals surface area contributed by atoms with Gasteiger partial charge in [-0.2, -0.15) is 0 Å². The summed E-state index contributed by atoms with van der Waals surface area (Å²) in [6, 6.07) is 6.90. The van der Waals surface area contributed by atoms with Crippen molar-refractivity contribution in [3.8, 4) is 0 Å². The number of Topliss-reactive ketones (excluding diaryl/α,β-unsaturated/α-hetero) is 1. The molecule has 1 N–H and O–H groups in total. The van der Waals surface area contributed by atoms with Gasteiger partial charge in [-0.25, -0.2) is 0 Å². The van der Waals surface area contributed by atoms with Gasteiger partial charge in [0, 0.05) is 17.8 Å². The molecule has 0 radical (unpaired) electrons. The molecule has 0 aliphatic carbocycles. The number of carbonyl (C=O) groups excluding carboxylic acids is 2. The first-order chi connectivity index (χ1) is 10.5. The molecule has 0 saturated carbocycles. The molecule has 1 amide bonds. The predicted molar refractivity (Wildman–Crippen MR) is 86.1 cm³/mol. The number of aromatic nitrogens is 3. The molecule has 1 heterocycles. The third-order valence-electron chi connectivity index (χ3n) is 3.11. The number of ketones is 1. The SMILES string of the molecule is CCn1cnnc1S[C@H](C)C(=O)Nc1cccc(C(C)=O)c1. The Morgan fingerprint density at radius 1 is 1.41 bits per heavy atom. The van der Waals surface area contributed by atoms with Crippen LogP contribution in [0.3, 0.4) is 0 Å². The monoisotopic (exact) mass is 318 g/mol. The fourth-order valence-electron chi connectivity index (χ4n) is 1.82. The van der Waals surface area contributed by atoms with Crippen LogP contribution in [-0.4, -0.2) is 31.7 Å². The minimum Gasteiger partial charge on any atom is -0.325 e. The van der Waals surface area contributed by atoms with E-state index < -0.39 is 0 Å². The molecule has 1 aromatic heterocycles. The van der Waals surface area contributed by atoms with Crippen LogP contribution >= 0.6 is 11.8 Å². The lowest BCUT2D eigenvalue weighted by atomic mass is 10.1. The van der Waals surface area contributed by atoms with E-state index in [1.54, 1.807) is 30.6 Å². The number of nitrogens with one attached hydrogen (secondary N) is 1. The number of carbonyl (C=O) groups is 2. The molecule has 0 saturated heterocycles. The second-order valence-electron chi connectivity index (χ2n) is 4.79. The van der Waals surface area contributed by atoms with Gasteiger partial charge in [-0.1, -0.05) is 23.9 Å². The first-order valence-electron chi connectivity index (χ1n) is 6.97. The lowest BCUT2D eigenvalue weighted by Gasteiger charge is -2.12. The molecule has 2 rings (SSSR count). The van der Waals surface area contributed by atoms with Gasteiger partial charge in [0.05, 0.1) is 5.25 Å². The number of aryl methyl sites for hydroxylation is 1. The van der Waals surface area contributed by atoms with E-state index in [1.165, 1.54) is 18.7 Å². The highest BCUT2D eigenvalue weighted by atomic mass is 32.2. The van der Waals surface area contributed by atoms with Crippen LogP contribution in [-0.2, 0) is 11.3 Å². The number of amides is 1. The number of nitrogens with zero attached hydrogens (tertiary/aromatic N) is 3. The van der Waals surface area contributed by atoms with Crippen molar-refractivity contribution in [2.75, 3.05) is 5.32 Å². The van der Waals surface area contributed by atoms with Crippen LogP contribution in [0.15, 0.2) is 35.7 Å². The standard InChI is InChI=1S/C15H18N4O2S/c1-4-19-9-16-18-15(19)22-11(3)14(21)17-13-7-5-6-12(8-13)10(2)20/h5-9,11H,4H2,1-3H3,(H,17,21)/t11-/m1/s1. The molecule has 0 aliphatic rings. The van der Waals surface area contributed by atoms with E-state index in [2.05, 4.69) is 15.5 Å². The minimum atomic E-state index is -0.324. The molecule has 1 atom stereocenters. The Morgan fingerprint density at radius 3 is 2.86 bits per heavy atom. The Morgan fingerprint density at radius 2 is 2.18 bits per heavy atom. The van der Waals surface area contributed by atoms with Crippen molar-refractivity contribution in [3.05, 3.63) is 36.2 Å². The van der Waals surface area contributed by atoms with Crippen LogP contribution in [0.25, 0.3) is 0 Å². The van der Waals surface area contributed by atoms with Crippen LogP contribution < -0.4 is 5.32 Å². The Kier molecular flexibility index (Phi) is 5.32. The smallest absolute Gasteiger partial charge is 0.237 e. The van der Waals surface area contributed by atoms with Gasteiger partial charge in [0.15, 0.2) is 10.9 Å². The highest BCUT2D eigenvalue weighted by Gasteiger charge is 2.18. The van der Waals surface area contributed by atoms with Crippen LogP contribution in [0, 0.1) is 0 Å². The second-order valence-corrected chi connectivity index (χ2v) is 6.09. The third-order valence-corrected chi connectivity index (χ3v) is 4.20. The summed E-state index contributed by atoms with van der Waals surface area (Å²) < 4.78 is 1.88. The largest absolute Gasteiger partial charge is 0.325 e. The van der Waals surface area contributed by atoms with Gasteiger partial charge in [0.1, 0.15) is 6.33 Å². The topological polar surface area (TPSA) is 76.9 Å². The van der Waals surface area contributed by atoms with Gasteiger partial charge in [0.2, 0.25) is 5.91 Å². The van der Waals surface area contributed by atoms with E-state index in [0.29, 0.717) is 16.4 Å². The number of benzene rings is 1. The van der Waals surface area contributed by atoms with E-state index in [-0.39, 0.29) is 16.9 Å². The maximum Gasteiger partial charge on any atom is 0.237 e. The van der Waals surface area contributed by atoms with Crippen LogP contribution in [0.4, 0.5) is 5.69 Å². The Balaban J connectivity index is 2.02. The summed E-state index contributed by atoms with van der Waals surface area (Å²) in [5.41, 5.74) is 1.19. The van der Waals surface area contributed by atoms with E-state index in [4.69, 9.17) is 0 Å². The molecule has 2 aromatic rings. The number of thioether (sulfide) groups is 1. The van der Waals surface area contributed by atoms with Crippen LogP contribution in [0.2, 0.25) is 0 Å². The predicted octanol–water partition coefficient (Wildman–Crippen LogP) is 2.62. The summed E-state index contributed by atoms with van der Waals surface area (Å²) >= 11 is 1.35. The lowest BCUT2D eigenvalue weighted by Crippen LogP contribution is -2.23. The second kappa shape index (κ2) is 7.22. The van der Waals surface area contributed by atoms with Crippen molar-refractivity contribution in [1.29, 1.82) is 0 Å². The molecule has 0 unspecified atom stereocenters. The average Bonchev–Trinajstić information content (AvgIpc) is 2.94. The van der Waals surface area contributed by atoms with E-state index in [1.807, 2.05) is 18.4 Å². The van der Waals surface area contributed by atoms with Gasteiger partial charge in [0.25, 0.3) is 0 Å². The summed E-state index contributed by atoms with van der Waals surface area (Å²) in [7, 11) is 0. The van der Waals surface area contributed by atoms with Crippen LogP contribution in [0.5, 0.6) is 0 Å². The molecule has 1 aromatic carbocycles. The molecule has 22 heavy (non-hydrogen) atoms. The maximum absolute atomic E-state index is 12.2. The summed E-state index contributed by atoms with van der Waals surface area (Å²) in [5, 5.41) is 11.1. The molecule has 0 aliphatic heterocycles. The minimum absolute atomic E-state index is 0.0328. The van der Waals surface area contributed by atoms with Gasteiger partial charge in [-0.05, 0) is 32.9 Å².